The van der Waals surface area contributed by atoms with E-state index in [9.17, 15) is 4.79 Å². The van der Waals surface area contributed by atoms with Gasteiger partial charge in [-0.2, -0.15) is 10.2 Å². The topological polar surface area (TPSA) is 97.6 Å². The number of likely N-dealkylation sites (N-methyl/N-ethyl adjacent to an activating group) is 1. The predicted octanol–water partition coefficient (Wildman–Crippen LogP) is 4.49. The van der Waals surface area contributed by atoms with Gasteiger partial charge in [0.05, 0.1) is 24.3 Å². The maximum Gasteiger partial charge on any atom is 0.236 e. The Labute approximate surface area is 243 Å². The number of carbonyl (C=O) groups is 1. The Morgan fingerprint density at radius 1 is 0.976 bits per heavy atom. The molecule has 3 aromatic carbocycles. The van der Waals surface area contributed by atoms with Crippen LogP contribution in [0.1, 0.15) is 16.7 Å². The second-order valence-electron chi connectivity index (χ2n) is 11.2. The molecule has 0 fully saturated rings. The van der Waals surface area contributed by atoms with Crippen molar-refractivity contribution in [3.05, 3.63) is 102 Å². The lowest BCUT2D eigenvalue weighted by Crippen LogP contribution is -2.39. The molecule has 210 valence electrons. The molecule has 0 atom stereocenters. The molecular weight excluding hydrogens is 524 g/mol. The van der Waals surface area contributed by atoms with E-state index in [4.69, 9.17) is 10.8 Å². The Morgan fingerprint density at radius 3 is 2.64 bits per heavy atom. The highest BCUT2D eigenvalue weighted by atomic mass is 16.2. The number of hydrogen-bond donors (Lipinski definition) is 1. The van der Waals surface area contributed by atoms with Gasteiger partial charge in [0, 0.05) is 49.9 Å². The van der Waals surface area contributed by atoms with Crippen LogP contribution in [0.4, 0.5) is 5.82 Å². The normalized spacial score (nSPS) is 13.5. The average Bonchev–Trinajstić information content (AvgIpc) is 3.58. The zero-order valence-electron chi connectivity index (χ0n) is 23.7. The molecule has 4 heterocycles. The summed E-state index contributed by atoms with van der Waals surface area (Å²) in [4.78, 5) is 20.5. The number of nitrogens with two attached hydrogens (primary N) is 1. The standard InChI is InChI=1S/C33H32N8O/c1-38(2)31(42)20-39-13-12-23-8-10-25(14-27(23)18-39)30-16-28(32-33(34)35-21-36-41(30)32)24-9-11-26-19-40(37-29(26)15-24)17-22-6-4-3-5-7-22/h3-11,14-16,19,21H,12-13,17-18,20H2,1-2H3,(H2,34,35,36). The molecular formula is C33H32N8O. The van der Waals surface area contributed by atoms with Crippen LogP contribution in [0.25, 0.3) is 38.8 Å². The van der Waals surface area contributed by atoms with Crippen molar-refractivity contribution in [2.24, 2.45) is 0 Å². The van der Waals surface area contributed by atoms with Gasteiger partial charge in [0.2, 0.25) is 5.91 Å². The minimum absolute atomic E-state index is 0.117. The summed E-state index contributed by atoms with van der Waals surface area (Å²) < 4.78 is 3.86. The number of nitrogen functional groups attached to an aromatic ring is 1. The van der Waals surface area contributed by atoms with E-state index in [-0.39, 0.29) is 5.91 Å². The molecule has 7 rings (SSSR count). The van der Waals surface area contributed by atoms with Crippen molar-refractivity contribution in [3.8, 4) is 22.4 Å². The van der Waals surface area contributed by atoms with Crippen LogP contribution in [0, 0.1) is 0 Å². The van der Waals surface area contributed by atoms with Crippen molar-refractivity contribution >= 4 is 28.1 Å². The van der Waals surface area contributed by atoms with Gasteiger partial charge >= 0.3 is 0 Å². The van der Waals surface area contributed by atoms with Gasteiger partial charge in [0.25, 0.3) is 0 Å². The summed E-state index contributed by atoms with van der Waals surface area (Å²) in [5, 5.41) is 10.6. The van der Waals surface area contributed by atoms with E-state index < -0.39 is 0 Å². The number of fused-ring (bicyclic) bond motifs is 3. The van der Waals surface area contributed by atoms with E-state index in [1.807, 2.05) is 27.4 Å². The summed E-state index contributed by atoms with van der Waals surface area (Å²) >= 11 is 0. The van der Waals surface area contributed by atoms with Crippen LogP contribution in [0.2, 0.25) is 0 Å². The molecule has 3 aromatic heterocycles. The van der Waals surface area contributed by atoms with Crippen LogP contribution in [-0.2, 0) is 24.3 Å². The molecule has 0 aliphatic carbocycles. The molecule has 0 saturated heterocycles. The molecule has 0 saturated carbocycles. The third kappa shape index (κ3) is 4.77. The molecule has 9 nitrogen and oxygen atoms in total. The number of nitrogens with zero attached hydrogens (tertiary/aromatic N) is 7. The van der Waals surface area contributed by atoms with Crippen molar-refractivity contribution in [1.29, 1.82) is 0 Å². The Kier molecular flexibility index (Phi) is 6.43. The SMILES string of the molecule is CN(C)C(=O)CN1CCc2ccc(-c3cc(-c4ccc5cn(Cc6ccccc6)nc5c4)c4c(N)ncnn34)cc2C1. The number of benzene rings is 3. The van der Waals surface area contributed by atoms with Crippen molar-refractivity contribution in [3.63, 3.8) is 0 Å². The van der Waals surface area contributed by atoms with E-state index >= 15 is 0 Å². The van der Waals surface area contributed by atoms with Gasteiger partial charge in [-0.3, -0.25) is 14.4 Å². The number of amides is 1. The van der Waals surface area contributed by atoms with Crippen molar-refractivity contribution < 1.29 is 4.79 Å². The van der Waals surface area contributed by atoms with E-state index in [2.05, 4.69) is 75.8 Å². The highest BCUT2D eigenvalue weighted by Gasteiger charge is 2.22. The van der Waals surface area contributed by atoms with Gasteiger partial charge in [0.1, 0.15) is 11.8 Å². The summed E-state index contributed by atoms with van der Waals surface area (Å²) in [6, 6.07) is 25.4. The lowest BCUT2D eigenvalue weighted by atomic mass is 9.96. The number of rotatable bonds is 6. The lowest BCUT2D eigenvalue weighted by molar-refractivity contribution is -0.130. The van der Waals surface area contributed by atoms with E-state index in [1.165, 1.54) is 23.0 Å². The smallest absolute Gasteiger partial charge is 0.236 e. The van der Waals surface area contributed by atoms with Crippen LogP contribution in [0.15, 0.2) is 85.3 Å². The minimum Gasteiger partial charge on any atom is -0.382 e. The minimum atomic E-state index is 0.117. The van der Waals surface area contributed by atoms with Crippen LogP contribution >= 0.6 is 0 Å². The number of aromatic nitrogens is 5. The molecule has 1 aliphatic rings. The zero-order chi connectivity index (χ0) is 28.8. The Morgan fingerprint density at radius 2 is 1.81 bits per heavy atom. The first-order valence-corrected chi connectivity index (χ1v) is 14.1. The van der Waals surface area contributed by atoms with Crippen LogP contribution < -0.4 is 5.73 Å². The summed E-state index contributed by atoms with van der Waals surface area (Å²) in [5.41, 5.74) is 15.8. The molecule has 9 heteroatoms. The lowest BCUT2D eigenvalue weighted by Gasteiger charge is -2.29. The van der Waals surface area contributed by atoms with Gasteiger partial charge in [-0.1, -0.05) is 54.6 Å². The summed E-state index contributed by atoms with van der Waals surface area (Å²) in [6.07, 6.45) is 4.50. The first-order valence-electron chi connectivity index (χ1n) is 14.1. The first-order chi connectivity index (χ1) is 20.4. The second kappa shape index (κ2) is 10.4. The molecule has 1 aliphatic heterocycles. The third-order valence-corrected chi connectivity index (χ3v) is 8.09. The van der Waals surface area contributed by atoms with Gasteiger partial charge < -0.3 is 10.6 Å². The molecule has 6 aromatic rings. The Bertz CT molecular complexity index is 1940. The van der Waals surface area contributed by atoms with Crippen LogP contribution in [0.5, 0.6) is 0 Å². The van der Waals surface area contributed by atoms with E-state index in [0.717, 1.165) is 58.3 Å². The maximum atomic E-state index is 12.3. The molecule has 0 bridgehead atoms. The molecule has 0 spiro atoms. The zero-order valence-corrected chi connectivity index (χ0v) is 23.7. The number of carbonyl (C=O) groups excluding carboxylic acids is 1. The Hall–Kier alpha value is -5.02. The molecule has 0 unspecified atom stereocenters. The summed E-state index contributed by atoms with van der Waals surface area (Å²) in [7, 11) is 3.60. The first kappa shape index (κ1) is 25.9. The van der Waals surface area contributed by atoms with Gasteiger partial charge in [-0.25, -0.2) is 9.50 Å². The quantitative estimate of drug-likeness (QED) is 0.325. The predicted molar refractivity (Wildman–Crippen MR) is 165 cm³/mol. The number of anilines is 1. The summed E-state index contributed by atoms with van der Waals surface area (Å²) in [5.74, 6) is 0.540. The monoisotopic (exact) mass is 556 g/mol. The van der Waals surface area contributed by atoms with Crippen LogP contribution in [-0.4, -0.2) is 67.3 Å². The number of hydrogen-bond acceptors (Lipinski definition) is 6. The van der Waals surface area contributed by atoms with E-state index in [0.29, 0.717) is 18.9 Å². The fourth-order valence-electron chi connectivity index (χ4n) is 5.82. The van der Waals surface area contributed by atoms with Gasteiger partial charge in [-0.05, 0) is 46.9 Å². The molecule has 42 heavy (non-hydrogen) atoms. The third-order valence-electron chi connectivity index (χ3n) is 8.09. The second-order valence-corrected chi connectivity index (χ2v) is 11.2. The van der Waals surface area contributed by atoms with E-state index in [1.54, 1.807) is 19.0 Å². The maximum absolute atomic E-state index is 12.3. The van der Waals surface area contributed by atoms with Gasteiger partial charge in [-0.15, -0.1) is 0 Å². The average molecular weight is 557 g/mol. The fourth-order valence-corrected chi connectivity index (χ4v) is 5.82. The van der Waals surface area contributed by atoms with Gasteiger partial charge in [0.15, 0.2) is 5.82 Å². The largest absolute Gasteiger partial charge is 0.382 e. The molecule has 1 amide bonds. The highest BCUT2D eigenvalue weighted by Crippen LogP contribution is 2.36. The highest BCUT2D eigenvalue weighted by molar-refractivity contribution is 5.95. The Balaban J connectivity index is 1.26. The fraction of sp³-hybridized carbons (Fsp3) is 0.212. The van der Waals surface area contributed by atoms with Crippen molar-refractivity contribution in [1.82, 2.24) is 34.2 Å². The molecule has 2 N–H and O–H groups in total. The van der Waals surface area contributed by atoms with Crippen molar-refractivity contribution in [2.45, 2.75) is 19.5 Å². The summed E-state index contributed by atoms with van der Waals surface area (Å²) in [6.45, 7) is 2.74. The van der Waals surface area contributed by atoms with Crippen molar-refractivity contribution in [2.75, 3.05) is 32.9 Å². The van der Waals surface area contributed by atoms with Crippen LogP contribution in [0.3, 0.4) is 0 Å². The molecule has 0 radical (unpaired) electrons.